The molecule has 0 fully saturated rings. The number of methoxy groups -OCH3 is 1. The van der Waals surface area contributed by atoms with Gasteiger partial charge in [0.1, 0.15) is 0 Å². The van der Waals surface area contributed by atoms with Crippen molar-refractivity contribution < 1.29 is 14.6 Å². The van der Waals surface area contributed by atoms with Crippen LogP contribution in [0, 0.1) is 11.3 Å². The van der Waals surface area contributed by atoms with Gasteiger partial charge in [-0.1, -0.05) is 6.07 Å². The van der Waals surface area contributed by atoms with Gasteiger partial charge in [-0.05, 0) is 17.7 Å². The van der Waals surface area contributed by atoms with Crippen molar-refractivity contribution in [2.24, 2.45) is 0 Å². The lowest BCUT2D eigenvalue weighted by molar-refractivity contribution is 0.0600. The molecule has 0 bridgehead atoms. The van der Waals surface area contributed by atoms with E-state index in [9.17, 15) is 4.79 Å². The lowest BCUT2D eigenvalue weighted by Gasteiger charge is -2.02. The third-order valence-electron chi connectivity index (χ3n) is 1.82. The topological polar surface area (TPSA) is 70.3 Å². The predicted octanol–water partition coefficient (Wildman–Crippen LogP) is 0.837. The fourth-order valence-corrected chi connectivity index (χ4v) is 1.06. The number of hydrogen-bond acceptors (Lipinski definition) is 4. The number of hydrogen-bond donors (Lipinski definition) is 1. The Morgan fingerprint density at radius 1 is 1.64 bits per heavy atom. The zero-order chi connectivity index (χ0) is 10.6. The van der Waals surface area contributed by atoms with Gasteiger partial charge in [0.15, 0.2) is 0 Å². The van der Waals surface area contributed by atoms with Crippen molar-refractivity contribution in [3.8, 4) is 6.07 Å². The van der Waals surface area contributed by atoms with Crippen LogP contribution in [0.1, 0.15) is 21.5 Å². The number of benzene rings is 1. The van der Waals surface area contributed by atoms with Gasteiger partial charge < -0.3 is 9.84 Å². The molecule has 0 aliphatic rings. The van der Waals surface area contributed by atoms with Crippen molar-refractivity contribution in [2.75, 3.05) is 7.11 Å². The number of aliphatic hydroxyl groups excluding tert-OH is 1. The largest absolute Gasteiger partial charge is 0.465 e. The number of carbonyl (C=O) groups excluding carboxylic acids is 1. The summed E-state index contributed by atoms with van der Waals surface area (Å²) in [4.78, 5) is 11.1. The van der Waals surface area contributed by atoms with Crippen molar-refractivity contribution in [2.45, 2.75) is 6.61 Å². The van der Waals surface area contributed by atoms with Crippen molar-refractivity contribution in [1.82, 2.24) is 0 Å². The second-order valence-corrected chi connectivity index (χ2v) is 2.63. The third-order valence-corrected chi connectivity index (χ3v) is 1.82. The smallest absolute Gasteiger partial charge is 0.337 e. The van der Waals surface area contributed by atoms with Gasteiger partial charge in [-0.3, -0.25) is 0 Å². The van der Waals surface area contributed by atoms with Crippen molar-refractivity contribution >= 4 is 5.97 Å². The van der Waals surface area contributed by atoms with Gasteiger partial charge in [-0.2, -0.15) is 5.26 Å². The molecule has 0 aliphatic carbocycles. The Labute approximate surface area is 81.4 Å². The third kappa shape index (κ3) is 1.90. The Bertz CT molecular complexity index is 393. The molecule has 0 atom stereocenters. The first-order valence-electron chi connectivity index (χ1n) is 3.95. The lowest BCUT2D eigenvalue weighted by Crippen LogP contribution is -2.02. The second kappa shape index (κ2) is 4.40. The van der Waals surface area contributed by atoms with Crippen LogP contribution in [0.3, 0.4) is 0 Å². The number of ether oxygens (including phenoxy) is 1. The molecule has 4 heteroatoms. The molecule has 0 aliphatic heterocycles. The maximum atomic E-state index is 11.1. The van der Waals surface area contributed by atoms with Crippen LogP contribution in [0.25, 0.3) is 0 Å². The van der Waals surface area contributed by atoms with E-state index >= 15 is 0 Å². The predicted molar refractivity (Wildman–Crippen MR) is 48.4 cm³/mol. The van der Waals surface area contributed by atoms with E-state index in [2.05, 4.69) is 4.74 Å². The molecule has 0 radical (unpaired) electrons. The van der Waals surface area contributed by atoms with Crippen LogP contribution in [0.15, 0.2) is 18.2 Å². The average molecular weight is 191 g/mol. The molecular weight excluding hydrogens is 182 g/mol. The monoisotopic (exact) mass is 191 g/mol. The highest BCUT2D eigenvalue weighted by Gasteiger charge is 2.08. The molecule has 0 spiro atoms. The van der Waals surface area contributed by atoms with Crippen molar-refractivity contribution in [3.63, 3.8) is 0 Å². The van der Waals surface area contributed by atoms with E-state index in [1.807, 2.05) is 6.07 Å². The van der Waals surface area contributed by atoms with E-state index in [1.54, 1.807) is 0 Å². The minimum Gasteiger partial charge on any atom is -0.465 e. The molecule has 1 aromatic carbocycles. The zero-order valence-electron chi connectivity index (χ0n) is 7.65. The molecule has 72 valence electrons. The second-order valence-electron chi connectivity index (χ2n) is 2.63. The summed E-state index contributed by atoms with van der Waals surface area (Å²) in [5.74, 6) is -0.494. The molecule has 0 aromatic heterocycles. The van der Waals surface area contributed by atoms with E-state index in [0.29, 0.717) is 11.1 Å². The Morgan fingerprint density at radius 2 is 2.36 bits per heavy atom. The summed E-state index contributed by atoms with van der Waals surface area (Å²) in [5, 5.41) is 17.6. The van der Waals surface area contributed by atoms with Crippen LogP contribution in [0.4, 0.5) is 0 Å². The van der Waals surface area contributed by atoms with Gasteiger partial charge in [-0.25, -0.2) is 4.79 Å². The Hall–Kier alpha value is -1.86. The Morgan fingerprint density at radius 3 is 2.86 bits per heavy atom. The number of aliphatic hydroxyl groups is 1. The first kappa shape index (κ1) is 10.2. The van der Waals surface area contributed by atoms with E-state index in [-0.39, 0.29) is 12.2 Å². The molecule has 0 amide bonds. The number of nitriles is 1. The van der Waals surface area contributed by atoms with Gasteiger partial charge >= 0.3 is 5.97 Å². The molecule has 0 unspecified atom stereocenters. The quantitative estimate of drug-likeness (QED) is 0.703. The summed E-state index contributed by atoms with van der Waals surface area (Å²) in [6.07, 6.45) is 0. The molecule has 14 heavy (non-hydrogen) atoms. The SMILES string of the molecule is COC(=O)c1ccc(CO)c(C#N)c1. The maximum absolute atomic E-state index is 11.1. The van der Waals surface area contributed by atoms with E-state index < -0.39 is 5.97 Å². The first-order valence-corrected chi connectivity index (χ1v) is 3.95. The summed E-state index contributed by atoms with van der Waals surface area (Å²) in [6, 6.07) is 6.34. The van der Waals surface area contributed by atoms with E-state index in [1.165, 1.54) is 25.3 Å². The highest BCUT2D eigenvalue weighted by molar-refractivity contribution is 5.89. The summed E-state index contributed by atoms with van der Waals surface area (Å²) >= 11 is 0. The fraction of sp³-hybridized carbons (Fsp3) is 0.200. The number of carbonyl (C=O) groups is 1. The van der Waals surface area contributed by atoms with Crippen LogP contribution in [0.5, 0.6) is 0 Å². The lowest BCUT2D eigenvalue weighted by atomic mass is 10.1. The maximum Gasteiger partial charge on any atom is 0.337 e. The van der Waals surface area contributed by atoms with Crippen molar-refractivity contribution in [3.05, 3.63) is 34.9 Å². The highest BCUT2D eigenvalue weighted by atomic mass is 16.5. The van der Waals surface area contributed by atoms with E-state index in [4.69, 9.17) is 10.4 Å². The van der Waals surface area contributed by atoms with Gasteiger partial charge in [0.2, 0.25) is 0 Å². The summed E-state index contributed by atoms with van der Waals surface area (Å²) in [6.45, 7) is -0.218. The molecule has 1 aromatic rings. The van der Waals surface area contributed by atoms with Crippen LogP contribution >= 0.6 is 0 Å². The fourth-order valence-electron chi connectivity index (χ4n) is 1.06. The molecule has 0 saturated carbocycles. The average Bonchev–Trinajstić information content (AvgIpc) is 2.26. The highest BCUT2D eigenvalue weighted by Crippen LogP contribution is 2.11. The van der Waals surface area contributed by atoms with E-state index in [0.717, 1.165) is 0 Å². The molecule has 0 heterocycles. The summed E-state index contributed by atoms with van der Waals surface area (Å²) < 4.78 is 4.50. The van der Waals surface area contributed by atoms with Gasteiger partial charge in [0, 0.05) is 0 Å². The zero-order valence-corrected chi connectivity index (χ0v) is 7.65. The summed E-state index contributed by atoms with van der Waals surface area (Å²) in [7, 11) is 1.27. The van der Waals surface area contributed by atoms with Crippen LogP contribution in [-0.4, -0.2) is 18.2 Å². The molecule has 1 rings (SSSR count). The normalized spacial score (nSPS) is 9.21. The van der Waals surface area contributed by atoms with Crippen LogP contribution in [-0.2, 0) is 11.3 Å². The minimum atomic E-state index is -0.494. The molecule has 4 nitrogen and oxygen atoms in total. The Kier molecular flexibility index (Phi) is 3.21. The Balaban J connectivity index is 3.15. The number of nitrogens with zero attached hydrogens (tertiary/aromatic N) is 1. The molecule has 1 N–H and O–H groups in total. The minimum absolute atomic E-state index is 0.218. The standard InChI is InChI=1S/C10H9NO3/c1-14-10(13)7-2-3-8(6-12)9(4-7)5-11/h2-4,12H,6H2,1H3. The van der Waals surface area contributed by atoms with Crippen LogP contribution < -0.4 is 0 Å². The first-order chi connectivity index (χ1) is 6.72. The number of rotatable bonds is 2. The van der Waals surface area contributed by atoms with Gasteiger partial charge in [0.05, 0.1) is 30.9 Å². The number of esters is 1. The molecular formula is C10H9NO3. The van der Waals surface area contributed by atoms with Gasteiger partial charge in [0.25, 0.3) is 0 Å². The van der Waals surface area contributed by atoms with Gasteiger partial charge in [-0.15, -0.1) is 0 Å². The molecule has 0 saturated heterocycles. The van der Waals surface area contributed by atoms with Crippen molar-refractivity contribution in [1.29, 1.82) is 5.26 Å². The summed E-state index contributed by atoms with van der Waals surface area (Å²) in [5.41, 5.74) is 1.09. The van der Waals surface area contributed by atoms with Crippen LogP contribution in [0.2, 0.25) is 0 Å².